The number of hydrogen-bond donors (Lipinski definition) is 1. The van der Waals surface area contributed by atoms with Crippen molar-refractivity contribution < 1.29 is 4.79 Å². The van der Waals surface area contributed by atoms with Crippen molar-refractivity contribution in [3.05, 3.63) is 71.8 Å². The Morgan fingerprint density at radius 2 is 1.67 bits per heavy atom. The smallest absolute Gasteiger partial charge is 0.240 e. The van der Waals surface area contributed by atoms with Crippen LogP contribution in [0.2, 0.25) is 0 Å². The van der Waals surface area contributed by atoms with E-state index < -0.39 is 0 Å². The standard InChI is InChI=1S/C18H20N2O/c1-14-18(21)20(13-15-8-4-2-5-9-15)17(12-19-14)16-10-6-3-7-11-16/h2-11,14,17,19H,12-13H2,1H3/t14-,17?/m0/s1. The summed E-state index contributed by atoms with van der Waals surface area (Å²) in [6.07, 6.45) is 0. The van der Waals surface area contributed by atoms with E-state index in [9.17, 15) is 4.79 Å². The molecule has 0 spiro atoms. The first-order valence-corrected chi connectivity index (χ1v) is 7.38. The fraction of sp³-hybridized carbons (Fsp3) is 0.278. The van der Waals surface area contributed by atoms with Gasteiger partial charge in [-0.25, -0.2) is 0 Å². The van der Waals surface area contributed by atoms with Crippen LogP contribution < -0.4 is 5.32 Å². The fourth-order valence-electron chi connectivity index (χ4n) is 2.83. The van der Waals surface area contributed by atoms with Crippen molar-refractivity contribution in [2.45, 2.75) is 25.6 Å². The van der Waals surface area contributed by atoms with E-state index in [-0.39, 0.29) is 18.0 Å². The van der Waals surface area contributed by atoms with Gasteiger partial charge in [0.2, 0.25) is 5.91 Å². The molecule has 1 N–H and O–H groups in total. The Balaban J connectivity index is 1.89. The highest BCUT2D eigenvalue weighted by Gasteiger charge is 2.33. The van der Waals surface area contributed by atoms with Crippen LogP contribution >= 0.6 is 0 Å². The Morgan fingerprint density at radius 3 is 2.33 bits per heavy atom. The summed E-state index contributed by atoms with van der Waals surface area (Å²) in [6, 6.07) is 20.4. The van der Waals surface area contributed by atoms with Crippen LogP contribution in [0.4, 0.5) is 0 Å². The number of carbonyl (C=O) groups is 1. The van der Waals surface area contributed by atoms with Crippen molar-refractivity contribution in [1.82, 2.24) is 10.2 Å². The minimum atomic E-state index is -0.117. The lowest BCUT2D eigenvalue weighted by Gasteiger charge is -2.39. The fourth-order valence-corrected chi connectivity index (χ4v) is 2.83. The number of carbonyl (C=O) groups excluding carboxylic acids is 1. The van der Waals surface area contributed by atoms with Crippen LogP contribution in [0.1, 0.15) is 24.1 Å². The maximum atomic E-state index is 12.6. The molecule has 1 aliphatic heterocycles. The first kappa shape index (κ1) is 13.8. The minimum absolute atomic E-state index is 0.0927. The maximum Gasteiger partial charge on any atom is 0.240 e. The Bertz CT molecular complexity index is 597. The molecule has 108 valence electrons. The van der Waals surface area contributed by atoms with Gasteiger partial charge >= 0.3 is 0 Å². The summed E-state index contributed by atoms with van der Waals surface area (Å²) in [6.45, 7) is 3.39. The van der Waals surface area contributed by atoms with Gasteiger partial charge < -0.3 is 10.2 Å². The van der Waals surface area contributed by atoms with E-state index in [1.807, 2.05) is 48.2 Å². The Morgan fingerprint density at radius 1 is 1.05 bits per heavy atom. The molecule has 2 atom stereocenters. The normalized spacial score (nSPS) is 22.3. The highest BCUT2D eigenvalue weighted by molar-refractivity contribution is 5.82. The topological polar surface area (TPSA) is 32.3 Å². The molecule has 1 heterocycles. The van der Waals surface area contributed by atoms with Gasteiger partial charge in [0.25, 0.3) is 0 Å². The van der Waals surface area contributed by atoms with Crippen LogP contribution in [0.5, 0.6) is 0 Å². The first-order chi connectivity index (χ1) is 10.3. The number of amides is 1. The molecule has 1 unspecified atom stereocenters. The van der Waals surface area contributed by atoms with Gasteiger partial charge in [-0.1, -0.05) is 60.7 Å². The first-order valence-electron chi connectivity index (χ1n) is 7.38. The van der Waals surface area contributed by atoms with Crippen molar-refractivity contribution in [2.24, 2.45) is 0 Å². The second-order valence-corrected chi connectivity index (χ2v) is 5.51. The number of benzene rings is 2. The summed E-state index contributed by atoms with van der Waals surface area (Å²) in [5, 5.41) is 3.30. The van der Waals surface area contributed by atoms with Crippen molar-refractivity contribution in [2.75, 3.05) is 6.54 Å². The average Bonchev–Trinajstić information content (AvgIpc) is 2.54. The Labute approximate surface area is 125 Å². The number of rotatable bonds is 3. The third-order valence-electron chi connectivity index (χ3n) is 4.03. The van der Waals surface area contributed by atoms with E-state index in [0.29, 0.717) is 6.54 Å². The van der Waals surface area contributed by atoms with E-state index in [1.54, 1.807) is 0 Å². The molecule has 0 bridgehead atoms. The Hall–Kier alpha value is -2.13. The SMILES string of the molecule is C[C@@H]1NCC(c2ccccc2)N(Cc2ccccc2)C1=O. The summed E-state index contributed by atoms with van der Waals surface area (Å²) in [7, 11) is 0. The minimum Gasteiger partial charge on any atom is -0.329 e. The highest BCUT2D eigenvalue weighted by atomic mass is 16.2. The van der Waals surface area contributed by atoms with Crippen molar-refractivity contribution in [3.63, 3.8) is 0 Å². The molecular weight excluding hydrogens is 260 g/mol. The van der Waals surface area contributed by atoms with E-state index in [4.69, 9.17) is 0 Å². The number of hydrogen-bond acceptors (Lipinski definition) is 2. The molecule has 3 rings (SSSR count). The van der Waals surface area contributed by atoms with Gasteiger partial charge in [0.15, 0.2) is 0 Å². The number of nitrogens with zero attached hydrogens (tertiary/aromatic N) is 1. The zero-order chi connectivity index (χ0) is 14.7. The summed E-state index contributed by atoms with van der Waals surface area (Å²) >= 11 is 0. The second-order valence-electron chi connectivity index (χ2n) is 5.51. The van der Waals surface area contributed by atoms with Crippen molar-refractivity contribution in [1.29, 1.82) is 0 Å². The molecule has 3 heteroatoms. The monoisotopic (exact) mass is 280 g/mol. The van der Waals surface area contributed by atoms with E-state index in [2.05, 4.69) is 29.6 Å². The predicted molar refractivity (Wildman–Crippen MR) is 83.6 cm³/mol. The lowest BCUT2D eigenvalue weighted by atomic mass is 10.00. The van der Waals surface area contributed by atoms with E-state index in [1.165, 1.54) is 11.1 Å². The van der Waals surface area contributed by atoms with Crippen LogP contribution in [-0.2, 0) is 11.3 Å². The molecule has 0 saturated carbocycles. The molecule has 21 heavy (non-hydrogen) atoms. The zero-order valence-corrected chi connectivity index (χ0v) is 12.2. The molecule has 3 nitrogen and oxygen atoms in total. The van der Waals surface area contributed by atoms with E-state index in [0.717, 1.165) is 6.54 Å². The molecule has 1 saturated heterocycles. The molecule has 0 aromatic heterocycles. The number of piperazine rings is 1. The van der Waals surface area contributed by atoms with Gasteiger partial charge in [-0.2, -0.15) is 0 Å². The van der Waals surface area contributed by atoms with Crippen LogP contribution in [0.3, 0.4) is 0 Å². The van der Waals surface area contributed by atoms with Crippen LogP contribution in [0.25, 0.3) is 0 Å². The van der Waals surface area contributed by atoms with Gasteiger partial charge in [-0.15, -0.1) is 0 Å². The molecule has 0 radical (unpaired) electrons. The lowest BCUT2D eigenvalue weighted by molar-refractivity contribution is -0.139. The quantitative estimate of drug-likeness (QED) is 0.937. The summed E-state index contributed by atoms with van der Waals surface area (Å²) < 4.78 is 0. The second kappa shape index (κ2) is 6.10. The average molecular weight is 280 g/mol. The molecular formula is C18H20N2O. The van der Waals surface area contributed by atoms with E-state index >= 15 is 0 Å². The van der Waals surface area contributed by atoms with Crippen LogP contribution in [0.15, 0.2) is 60.7 Å². The van der Waals surface area contributed by atoms with Crippen LogP contribution in [0, 0.1) is 0 Å². The predicted octanol–water partition coefficient (Wildman–Crippen LogP) is 2.75. The molecule has 1 aliphatic rings. The van der Waals surface area contributed by atoms with Crippen LogP contribution in [-0.4, -0.2) is 23.4 Å². The van der Waals surface area contributed by atoms with Crippen molar-refractivity contribution >= 4 is 5.91 Å². The van der Waals surface area contributed by atoms with Gasteiger partial charge in [0.1, 0.15) is 0 Å². The largest absolute Gasteiger partial charge is 0.329 e. The van der Waals surface area contributed by atoms with Gasteiger partial charge in [0.05, 0.1) is 12.1 Å². The van der Waals surface area contributed by atoms with Gasteiger partial charge in [-0.3, -0.25) is 4.79 Å². The molecule has 1 amide bonds. The molecule has 1 fully saturated rings. The van der Waals surface area contributed by atoms with Crippen molar-refractivity contribution in [3.8, 4) is 0 Å². The maximum absolute atomic E-state index is 12.6. The third-order valence-corrected chi connectivity index (χ3v) is 4.03. The molecule has 2 aromatic rings. The summed E-state index contributed by atoms with van der Waals surface area (Å²) in [5.41, 5.74) is 2.35. The van der Waals surface area contributed by atoms with Gasteiger partial charge in [0, 0.05) is 13.1 Å². The van der Waals surface area contributed by atoms with Gasteiger partial charge in [-0.05, 0) is 18.1 Å². The summed E-state index contributed by atoms with van der Waals surface area (Å²) in [4.78, 5) is 14.6. The molecule has 0 aliphatic carbocycles. The highest BCUT2D eigenvalue weighted by Crippen LogP contribution is 2.26. The lowest BCUT2D eigenvalue weighted by Crippen LogP contribution is -2.54. The zero-order valence-electron chi connectivity index (χ0n) is 12.2. The molecule has 2 aromatic carbocycles. The Kier molecular flexibility index (Phi) is 4.02. The summed E-state index contributed by atoms with van der Waals surface area (Å²) in [5.74, 6) is 0.166. The third kappa shape index (κ3) is 2.98. The number of nitrogens with one attached hydrogen (secondary N) is 1.